The van der Waals surface area contributed by atoms with Crippen molar-refractivity contribution in [3.05, 3.63) is 53.1 Å². The minimum Gasteiger partial charge on any atom is -0.497 e. The molecule has 9 nitrogen and oxygen atoms in total. The van der Waals surface area contributed by atoms with Gasteiger partial charge in [0.2, 0.25) is 5.91 Å². The third-order valence-corrected chi connectivity index (χ3v) is 4.71. The molecule has 0 spiro atoms. The Balaban J connectivity index is 1.56. The van der Waals surface area contributed by atoms with Crippen LogP contribution in [0.1, 0.15) is 23.2 Å². The summed E-state index contributed by atoms with van der Waals surface area (Å²) in [5.74, 6) is -1.13. The van der Waals surface area contributed by atoms with Gasteiger partial charge in [-0.25, -0.2) is 9.59 Å². The molecule has 0 aromatic heterocycles. The Morgan fingerprint density at radius 3 is 2.52 bits per heavy atom. The molecule has 2 aromatic rings. The van der Waals surface area contributed by atoms with E-state index in [9.17, 15) is 19.2 Å². The molecule has 162 valence electrons. The first kappa shape index (κ1) is 22.1. The van der Waals surface area contributed by atoms with E-state index in [1.165, 1.54) is 30.2 Å². The molecule has 10 heteroatoms. The minimum absolute atomic E-state index is 0.107. The number of esters is 1. The average Bonchev–Trinajstić information content (AvgIpc) is 3.18. The van der Waals surface area contributed by atoms with Gasteiger partial charge in [-0.3, -0.25) is 14.9 Å². The number of hydrogen-bond donors (Lipinski definition) is 2. The van der Waals surface area contributed by atoms with Crippen LogP contribution >= 0.6 is 11.6 Å². The summed E-state index contributed by atoms with van der Waals surface area (Å²) in [5, 5.41) is 4.90. The second-order valence-electron chi connectivity index (χ2n) is 6.62. The Morgan fingerprint density at radius 2 is 1.87 bits per heavy atom. The number of carbonyl (C=O) groups excluding carboxylic acids is 4. The predicted molar refractivity (Wildman–Crippen MR) is 113 cm³/mol. The highest BCUT2D eigenvalue weighted by molar-refractivity contribution is 6.31. The number of urea groups is 1. The summed E-state index contributed by atoms with van der Waals surface area (Å²) in [5.41, 5.74) is 0.886. The molecule has 1 fully saturated rings. The standard InChI is InChI=1S/C21H20ClN3O6/c1-30-15-7-5-14(6-8-15)23-21(29)24-18(26)12-31-20(28)16-9-4-13(22)11-17(16)25-10-2-3-19(25)27/h4-9,11H,2-3,10,12H2,1H3,(H2,23,24,26,29). The fraction of sp³-hybridized carbons (Fsp3) is 0.238. The van der Waals surface area contributed by atoms with Crippen LogP contribution in [0.4, 0.5) is 16.2 Å². The van der Waals surface area contributed by atoms with E-state index in [4.69, 9.17) is 21.1 Å². The van der Waals surface area contributed by atoms with Crippen LogP contribution in [-0.2, 0) is 14.3 Å². The van der Waals surface area contributed by atoms with Crippen molar-refractivity contribution in [1.29, 1.82) is 0 Å². The highest BCUT2D eigenvalue weighted by atomic mass is 35.5. The maximum absolute atomic E-state index is 12.5. The number of ether oxygens (including phenoxy) is 2. The Kier molecular flexibility index (Phi) is 7.09. The molecule has 0 atom stereocenters. The summed E-state index contributed by atoms with van der Waals surface area (Å²) in [4.78, 5) is 49.9. The van der Waals surface area contributed by atoms with Gasteiger partial charge in [0.1, 0.15) is 5.75 Å². The van der Waals surface area contributed by atoms with Crippen molar-refractivity contribution >= 4 is 46.8 Å². The van der Waals surface area contributed by atoms with Crippen LogP contribution in [0.3, 0.4) is 0 Å². The maximum Gasteiger partial charge on any atom is 0.340 e. The molecule has 0 aliphatic carbocycles. The third-order valence-electron chi connectivity index (χ3n) is 4.48. The van der Waals surface area contributed by atoms with E-state index in [1.807, 2.05) is 0 Å². The van der Waals surface area contributed by atoms with Crippen LogP contribution in [0.25, 0.3) is 0 Å². The van der Waals surface area contributed by atoms with Gasteiger partial charge in [0.05, 0.1) is 18.4 Å². The Hall–Kier alpha value is -3.59. The highest BCUT2D eigenvalue weighted by Crippen LogP contribution is 2.29. The van der Waals surface area contributed by atoms with Crippen molar-refractivity contribution in [3.8, 4) is 5.75 Å². The number of benzene rings is 2. The van der Waals surface area contributed by atoms with Crippen molar-refractivity contribution in [3.63, 3.8) is 0 Å². The van der Waals surface area contributed by atoms with E-state index in [1.54, 1.807) is 24.3 Å². The monoisotopic (exact) mass is 445 g/mol. The van der Waals surface area contributed by atoms with Gasteiger partial charge in [-0.05, 0) is 48.9 Å². The van der Waals surface area contributed by atoms with Gasteiger partial charge in [0, 0.05) is 23.7 Å². The van der Waals surface area contributed by atoms with E-state index in [2.05, 4.69) is 10.6 Å². The molecule has 0 saturated carbocycles. The molecular weight excluding hydrogens is 426 g/mol. The number of nitrogens with zero attached hydrogens (tertiary/aromatic N) is 1. The van der Waals surface area contributed by atoms with Gasteiger partial charge in [0.15, 0.2) is 6.61 Å². The highest BCUT2D eigenvalue weighted by Gasteiger charge is 2.27. The van der Waals surface area contributed by atoms with Crippen LogP contribution in [0.2, 0.25) is 5.02 Å². The second kappa shape index (κ2) is 9.94. The molecule has 2 aromatic carbocycles. The van der Waals surface area contributed by atoms with Crippen molar-refractivity contribution in [1.82, 2.24) is 5.32 Å². The number of carbonyl (C=O) groups is 4. The van der Waals surface area contributed by atoms with Crippen molar-refractivity contribution in [2.24, 2.45) is 0 Å². The van der Waals surface area contributed by atoms with Crippen molar-refractivity contribution in [2.45, 2.75) is 12.8 Å². The summed E-state index contributed by atoms with van der Waals surface area (Å²) in [6, 6.07) is 10.1. The molecule has 0 radical (unpaired) electrons. The first-order valence-electron chi connectivity index (χ1n) is 9.39. The van der Waals surface area contributed by atoms with Crippen LogP contribution in [0, 0.1) is 0 Å². The van der Waals surface area contributed by atoms with Crippen molar-refractivity contribution in [2.75, 3.05) is 30.5 Å². The molecule has 31 heavy (non-hydrogen) atoms. The summed E-state index contributed by atoms with van der Waals surface area (Å²) < 4.78 is 10.0. The molecule has 1 saturated heterocycles. The van der Waals surface area contributed by atoms with Gasteiger partial charge in [0.25, 0.3) is 5.91 Å². The molecule has 2 N–H and O–H groups in total. The second-order valence-corrected chi connectivity index (χ2v) is 7.05. The van der Waals surface area contributed by atoms with E-state index in [-0.39, 0.29) is 11.5 Å². The quantitative estimate of drug-likeness (QED) is 0.661. The number of anilines is 2. The number of methoxy groups -OCH3 is 1. The molecule has 1 aliphatic heterocycles. The summed E-state index contributed by atoms with van der Waals surface area (Å²) >= 11 is 6.01. The topological polar surface area (TPSA) is 114 Å². The summed E-state index contributed by atoms with van der Waals surface area (Å²) in [6.07, 6.45) is 1.05. The number of amides is 4. The van der Waals surface area contributed by atoms with Gasteiger partial charge in [-0.15, -0.1) is 0 Å². The number of rotatable bonds is 6. The molecule has 1 aliphatic rings. The van der Waals surface area contributed by atoms with E-state index in [0.29, 0.717) is 41.5 Å². The van der Waals surface area contributed by atoms with Crippen molar-refractivity contribution < 1.29 is 28.7 Å². The average molecular weight is 446 g/mol. The smallest absolute Gasteiger partial charge is 0.340 e. The summed E-state index contributed by atoms with van der Waals surface area (Å²) in [7, 11) is 1.52. The lowest BCUT2D eigenvalue weighted by molar-refractivity contribution is -0.123. The van der Waals surface area contributed by atoms with Crippen LogP contribution in [0.5, 0.6) is 5.75 Å². The number of halogens is 1. The molecule has 4 amide bonds. The van der Waals surface area contributed by atoms with Crippen LogP contribution in [0.15, 0.2) is 42.5 Å². The third kappa shape index (κ3) is 5.73. The number of nitrogens with one attached hydrogen (secondary N) is 2. The molecule has 3 rings (SSSR count). The maximum atomic E-state index is 12.5. The first-order valence-corrected chi connectivity index (χ1v) is 9.77. The fourth-order valence-electron chi connectivity index (χ4n) is 3.01. The normalized spacial score (nSPS) is 13.0. The molecular formula is C21H20ClN3O6. The zero-order valence-corrected chi connectivity index (χ0v) is 17.4. The summed E-state index contributed by atoms with van der Waals surface area (Å²) in [6.45, 7) is -0.212. The zero-order chi connectivity index (χ0) is 22.4. The van der Waals surface area contributed by atoms with E-state index in [0.717, 1.165) is 0 Å². The number of imide groups is 1. The molecule has 0 bridgehead atoms. The zero-order valence-electron chi connectivity index (χ0n) is 16.6. The first-order chi connectivity index (χ1) is 14.9. The van der Waals surface area contributed by atoms with Gasteiger partial charge >= 0.3 is 12.0 Å². The molecule has 1 heterocycles. The lowest BCUT2D eigenvalue weighted by Gasteiger charge is -2.19. The van der Waals surface area contributed by atoms with Crippen LogP contribution in [-0.4, -0.2) is 44.1 Å². The Labute approximate surface area is 183 Å². The fourth-order valence-corrected chi connectivity index (χ4v) is 3.18. The minimum atomic E-state index is -0.813. The van der Waals surface area contributed by atoms with Gasteiger partial charge in [-0.2, -0.15) is 0 Å². The van der Waals surface area contributed by atoms with Gasteiger partial charge in [-0.1, -0.05) is 11.6 Å². The lowest BCUT2D eigenvalue weighted by Crippen LogP contribution is -2.37. The molecule has 0 unspecified atom stereocenters. The van der Waals surface area contributed by atoms with E-state index < -0.39 is 24.5 Å². The lowest BCUT2D eigenvalue weighted by atomic mass is 10.1. The largest absolute Gasteiger partial charge is 0.497 e. The van der Waals surface area contributed by atoms with E-state index >= 15 is 0 Å². The Bertz CT molecular complexity index is 1010. The van der Waals surface area contributed by atoms with Crippen LogP contribution < -0.4 is 20.3 Å². The SMILES string of the molecule is COc1ccc(NC(=O)NC(=O)COC(=O)c2ccc(Cl)cc2N2CCCC2=O)cc1. The van der Waals surface area contributed by atoms with Gasteiger partial charge < -0.3 is 19.7 Å². The Morgan fingerprint density at radius 1 is 1.13 bits per heavy atom. The predicted octanol–water partition coefficient (Wildman–Crippen LogP) is 2.98. The number of hydrogen-bond acceptors (Lipinski definition) is 6.